The molecule has 1 rings (SSSR count). The van der Waals surface area contributed by atoms with Crippen LogP contribution in [-0.2, 0) is 9.53 Å². The Morgan fingerprint density at radius 3 is 2.67 bits per heavy atom. The fourth-order valence-electron chi connectivity index (χ4n) is 1.48. The predicted octanol–water partition coefficient (Wildman–Crippen LogP) is 2.08. The second kappa shape index (κ2) is 6.10. The van der Waals surface area contributed by atoms with Crippen molar-refractivity contribution in [2.24, 2.45) is 0 Å². The molecule has 1 atom stereocenters. The molecule has 0 bridgehead atoms. The van der Waals surface area contributed by atoms with Crippen molar-refractivity contribution in [1.82, 2.24) is 9.97 Å². The maximum absolute atomic E-state index is 11.6. The summed E-state index contributed by atoms with van der Waals surface area (Å²) < 4.78 is 4.85. The molecule has 0 radical (unpaired) electrons. The van der Waals surface area contributed by atoms with E-state index < -0.39 is 11.9 Å². The Kier molecular flexibility index (Phi) is 4.78. The third kappa shape index (κ3) is 3.27. The van der Waals surface area contributed by atoms with Gasteiger partial charge in [-0.25, -0.2) is 9.97 Å². The zero-order valence-electron chi connectivity index (χ0n) is 11.1. The maximum Gasteiger partial charge on any atom is 0.331 e. The van der Waals surface area contributed by atoms with Gasteiger partial charge in [0.15, 0.2) is 5.82 Å². The molecule has 1 aromatic rings. The first-order valence-electron chi connectivity index (χ1n) is 5.91. The average molecular weight is 247 g/mol. The second-order valence-electron chi connectivity index (χ2n) is 4.26. The molecule has 0 amide bonds. The highest BCUT2D eigenvalue weighted by Gasteiger charge is 2.25. The van der Waals surface area contributed by atoms with Crippen LogP contribution in [0.15, 0.2) is 6.07 Å². The van der Waals surface area contributed by atoms with Gasteiger partial charge >= 0.3 is 5.97 Å². The van der Waals surface area contributed by atoms with Gasteiger partial charge in [-0.1, -0.05) is 13.8 Å². The lowest BCUT2D eigenvalue weighted by Gasteiger charge is -2.11. The largest absolute Gasteiger partial charge is 0.465 e. The van der Waals surface area contributed by atoms with Gasteiger partial charge in [0, 0.05) is 11.4 Å². The average Bonchev–Trinajstić information content (AvgIpc) is 2.29. The fourth-order valence-corrected chi connectivity index (χ4v) is 1.48. The van der Waals surface area contributed by atoms with Crippen LogP contribution in [0.1, 0.15) is 49.8 Å². The minimum Gasteiger partial charge on any atom is -0.465 e. The lowest BCUT2D eigenvalue weighted by atomic mass is 10.1. The molecule has 0 aliphatic rings. The molecule has 0 N–H and O–H groups in total. The number of hydrogen-bond acceptors (Lipinski definition) is 5. The highest BCUT2D eigenvalue weighted by atomic mass is 16.5. The van der Waals surface area contributed by atoms with Gasteiger partial charge in [0.05, 0.1) is 12.7 Å². The van der Waals surface area contributed by atoms with Crippen LogP contribution in [0.5, 0.6) is 0 Å². The van der Waals surface area contributed by atoms with E-state index in [0.29, 0.717) is 0 Å². The third-order valence-corrected chi connectivity index (χ3v) is 2.39. The molecule has 0 saturated heterocycles. The molecular formula is C13H17N3O2. The van der Waals surface area contributed by atoms with Crippen molar-refractivity contribution in [3.63, 3.8) is 0 Å². The van der Waals surface area contributed by atoms with Crippen molar-refractivity contribution in [1.29, 1.82) is 5.26 Å². The summed E-state index contributed by atoms with van der Waals surface area (Å²) in [6.07, 6.45) is 0. The van der Waals surface area contributed by atoms with Crippen LogP contribution in [0.2, 0.25) is 0 Å². The standard InChI is InChI=1S/C13H17N3O2/c1-5-18-13(17)10(7-14)12-15-9(4)6-11(16-12)8(2)3/h6,8,10H,5H2,1-4H3. The Balaban J connectivity index is 3.14. The number of esters is 1. The Labute approximate surface area is 107 Å². The summed E-state index contributed by atoms with van der Waals surface area (Å²) in [4.78, 5) is 20.1. The van der Waals surface area contributed by atoms with E-state index in [1.54, 1.807) is 6.92 Å². The molecule has 0 aromatic carbocycles. The lowest BCUT2D eigenvalue weighted by molar-refractivity contribution is -0.143. The van der Waals surface area contributed by atoms with Crippen LogP contribution in [0, 0.1) is 18.3 Å². The Morgan fingerprint density at radius 1 is 1.50 bits per heavy atom. The molecule has 0 spiro atoms. The first-order chi connectivity index (χ1) is 8.49. The maximum atomic E-state index is 11.6. The first-order valence-corrected chi connectivity index (χ1v) is 5.91. The zero-order valence-corrected chi connectivity index (χ0v) is 11.1. The molecule has 5 heteroatoms. The molecule has 1 unspecified atom stereocenters. The van der Waals surface area contributed by atoms with E-state index >= 15 is 0 Å². The minimum absolute atomic E-state index is 0.215. The van der Waals surface area contributed by atoms with Gasteiger partial charge in [-0.3, -0.25) is 4.79 Å². The van der Waals surface area contributed by atoms with Crippen LogP contribution in [-0.4, -0.2) is 22.5 Å². The Hall–Kier alpha value is -1.96. The van der Waals surface area contributed by atoms with Crippen molar-refractivity contribution >= 4 is 5.97 Å². The summed E-state index contributed by atoms with van der Waals surface area (Å²) in [5.74, 6) is -1.21. The van der Waals surface area contributed by atoms with E-state index in [-0.39, 0.29) is 18.3 Å². The summed E-state index contributed by atoms with van der Waals surface area (Å²) >= 11 is 0. The molecule has 5 nitrogen and oxygen atoms in total. The number of aromatic nitrogens is 2. The molecule has 0 aliphatic carbocycles. The van der Waals surface area contributed by atoms with Crippen molar-refractivity contribution in [3.8, 4) is 6.07 Å². The Bertz CT molecular complexity index is 478. The van der Waals surface area contributed by atoms with Crippen LogP contribution in [0.25, 0.3) is 0 Å². The smallest absolute Gasteiger partial charge is 0.331 e. The van der Waals surface area contributed by atoms with Crippen LogP contribution >= 0.6 is 0 Å². The second-order valence-corrected chi connectivity index (χ2v) is 4.26. The van der Waals surface area contributed by atoms with Gasteiger partial charge in [-0.2, -0.15) is 5.26 Å². The monoisotopic (exact) mass is 247 g/mol. The van der Waals surface area contributed by atoms with E-state index in [9.17, 15) is 4.79 Å². The van der Waals surface area contributed by atoms with Crippen molar-refractivity contribution in [2.75, 3.05) is 6.61 Å². The Morgan fingerprint density at radius 2 is 2.17 bits per heavy atom. The molecule has 0 aliphatic heterocycles. The number of aryl methyl sites for hydroxylation is 1. The molecule has 18 heavy (non-hydrogen) atoms. The van der Waals surface area contributed by atoms with Crippen molar-refractivity contribution < 1.29 is 9.53 Å². The number of rotatable bonds is 4. The van der Waals surface area contributed by atoms with Crippen LogP contribution in [0.3, 0.4) is 0 Å². The molecule has 1 aromatic heterocycles. The number of ether oxygens (including phenoxy) is 1. The highest BCUT2D eigenvalue weighted by molar-refractivity contribution is 5.80. The van der Waals surface area contributed by atoms with Gasteiger partial charge in [0.25, 0.3) is 0 Å². The fraction of sp³-hybridized carbons (Fsp3) is 0.538. The number of nitrogens with zero attached hydrogens (tertiary/aromatic N) is 3. The lowest BCUT2D eigenvalue weighted by Crippen LogP contribution is -2.18. The number of hydrogen-bond donors (Lipinski definition) is 0. The topological polar surface area (TPSA) is 75.9 Å². The van der Waals surface area contributed by atoms with E-state index in [0.717, 1.165) is 11.4 Å². The number of carbonyl (C=O) groups is 1. The van der Waals surface area contributed by atoms with Gasteiger partial charge in [-0.15, -0.1) is 0 Å². The molecule has 0 fully saturated rings. The van der Waals surface area contributed by atoms with E-state index in [1.165, 1.54) is 0 Å². The molecule has 1 heterocycles. The van der Waals surface area contributed by atoms with E-state index in [2.05, 4.69) is 9.97 Å². The van der Waals surface area contributed by atoms with Crippen LogP contribution in [0.4, 0.5) is 0 Å². The summed E-state index contributed by atoms with van der Waals surface area (Å²) in [6, 6.07) is 3.75. The molecule has 96 valence electrons. The normalized spacial score (nSPS) is 12.0. The summed E-state index contributed by atoms with van der Waals surface area (Å²) in [5.41, 5.74) is 1.57. The predicted molar refractivity (Wildman–Crippen MR) is 65.8 cm³/mol. The van der Waals surface area contributed by atoms with Gasteiger partial charge in [0.2, 0.25) is 5.92 Å². The van der Waals surface area contributed by atoms with Crippen molar-refractivity contribution in [3.05, 3.63) is 23.3 Å². The summed E-state index contributed by atoms with van der Waals surface area (Å²) in [6.45, 7) is 7.74. The van der Waals surface area contributed by atoms with Crippen LogP contribution < -0.4 is 0 Å². The minimum atomic E-state index is -1.05. The summed E-state index contributed by atoms with van der Waals surface area (Å²) in [5, 5.41) is 9.07. The van der Waals surface area contributed by atoms with Crippen molar-refractivity contribution in [2.45, 2.75) is 39.5 Å². The SMILES string of the molecule is CCOC(=O)C(C#N)c1nc(C)cc(C(C)C)n1. The zero-order chi connectivity index (χ0) is 13.7. The van der Waals surface area contributed by atoms with Gasteiger partial charge in [0.1, 0.15) is 0 Å². The van der Waals surface area contributed by atoms with E-state index in [1.807, 2.05) is 32.9 Å². The molecular weight excluding hydrogens is 230 g/mol. The molecule has 0 saturated carbocycles. The number of carbonyl (C=O) groups excluding carboxylic acids is 1. The quantitative estimate of drug-likeness (QED) is 0.761. The van der Waals surface area contributed by atoms with E-state index in [4.69, 9.17) is 10.00 Å². The highest BCUT2D eigenvalue weighted by Crippen LogP contribution is 2.18. The van der Waals surface area contributed by atoms with Gasteiger partial charge in [-0.05, 0) is 25.8 Å². The first kappa shape index (κ1) is 14.1. The number of nitriles is 1. The third-order valence-electron chi connectivity index (χ3n) is 2.39. The summed E-state index contributed by atoms with van der Waals surface area (Å²) in [7, 11) is 0. The van der Waals surface area contributed by atoms with Gasteiger partial charge < -0.3 is 4.74 Å².